The number of para-hydroxylation sites is 1. The Kier molecular flexibility index (Phi) is 6.21. The van der Waals surface area contributed by atoms with Crippen LogP contribution in [0.4, 0.5) is 5.69 Å². The third kappa shape index (κ3) is 4.84. The topological polar surface area (TPSA) is 65.0 Å². The fourth-order valence-electron chi connectivity index (χ4n) is 3.19. The number of ketones is 1. The van der Waals surface area contributed by atoms with Crippen LogP contribution in [0.25, 0.3) is 0 Å². The van der Waals surface area contributed by atoms with Gasteiger partial charge in [0, 0.05) is 19.5 Å². The van der Waals surface area contributed by atoms with Crippen LogP contribution in [0, 0.1) is 0 Å². The molecule has 6 heteroatoms. The number of rotatable bonds is 7. The molecule has 2 aromatic rings. The maximum Gasteiger partial charge on any atom is 0.267 e. The fraction of sp³-hybridized carbons (Fsp3) is 0.318. The van der Waals surface area contributed by atoms with Gasteiger partial charge in [-0.15, -0.1) is 0 Å². The minimum atomic E-state index is -0.437. The molecular weight excluding hydrogens is 352 g/mol. The molecule has 1 amide bonds. The average molecular weight is 378 g/mol. The molecule has 0 aliphatic carbocycles. The van der Waals surface area contributed by atoms with E-state index in [1.807, 2.05) is 56.6 Å². The molecular formula is C22H26N4O2. The summed E-state index contributed by atoms with van der Waals surface area (Å²) in [6.45, 7) is 2.84. The number of amides is 1. The minimum Gasteiger partial charge on any atom is -0.347 e. The first-order valence-corrected chi connectivity index (χ1v) is 9.37. The summed E-state index contributed by atoms with van der Waals surface area (Å²) in [4.78, 5) is 26.7. The van der Waals surface area contributed by atoms with Crippen LogP contribution in [-0.4, -0.2) is 42.4 Å². The first kappa shape index (κ1) is 19.8. The predicted molar refractivity (Wildman–Crippen MR) is 111 cm³/mol. The van der Waals surface area contributed by atoms with E-state index in [-0.39, 0.29) is 11.7 Å². The summed E-state index contributed by atoms with van der Waals surface area (Å²) in [6, 6.07) is 17.2. The van der Waals surface area contributed by atoms with Gasteiger partial charge in [-0.25, -0.2) is 0 Å². The maximum atomic E-state index is 12.6. The minimum absolute atomic E-state index is 0.00751. The van der Waals surface area contributed by atoms with Crippen LogP contribution in [0.1, 0.15) is 24.5 Å². The zero-order chi connectivity index (χ0) is 20.1. The summed E-state index contributed by atoms with van der Waals surface area (Å²) >= 11 is 0. The monoisotopic (exact) mass is 378 g/mol. The molecule has 1 aliphatic rings. The van der Waals surface area contributed by atoms with Crippen molar-refractivity contribution in [3.8, 4) is 0 Å². The van der Waals surface area contributed by atoms with Crippen LogP contribution in [0.15, 0.2) is 59.7 Å². The van der Waals surface area contributed by atoms with Crippen molar-refractivity contribution in [2.24, 2.45) is 5.10 Å². The highest BCUT2D eigenvalue weighted by atomic mass is 16.2. The van der Waals surface area contributed by atoms with Crippen molar-refractivity contribution in [3.05, 3.63) is 65.7 Å². The van der Waals surface area contributed by atoms with Crippen molar-refractivity contribution in [1.82, 2.24) is 10.2 Å². The Balaban J connectivity index is 1.64. The number of benzene rings is 2. The SMILES string of the molecule is CC(=O)C1CC(C(=O)NCc2ccc(CN(C)C)cc2)=NN1c1ccccc1. The molecule has 0 spiro atoms. The molecule has 2 aromatic carbocycles. The van der Waals surface area contributed by atoms with Gasteiger partial charge in [-0.2, -0.15) is 5.10 Å². The van der Waals surface area contributed by atoms with Gasteiger partial charge < -0.3 is 10.2 Å². The lowest BCUT2D eigenvalue weighted by atomic mass is 10.1. The highest BCUT2D eigenvalue weighted by Crippen LogP contribution is 2.25. The lowest BCUT2D eigenvalue weighted by molar-refractivity contribution is -0.118. The largest absolute Gasteiger partial charge is 0.347 e. The summed E-state index contributed by atoms with van der Waals surface area (Å²) in [5, 5.41) is 8.99. The third-order valence-electron chi connectivity index (χ3n) is 4.64. The van der Waals surface area contributed by atoms with E-state index in [0.29, 0.717) is 18.7 Å². The van der Waals surface area contributed by atoms with Crippen molar-refractivity contribution in [2.75, 3.05) is 19.1 Å². The number of nitrogens with zero attached hydrogens (tertiary/aromatic N) is 3. The molecule has 28 heavy (non-hydrogen) atoms. The average Bonchev–Trinajstić information content (AvgIpc) is 3.13. The first-order chi connectivity index (χ1) is 13.4. The number of carbonyl (C=O) groups excluding carboxylic acids is 2. The van der Waals surface area contributed by atoms with Gasteiger partial charge in [-0.05, 0) is 44.3 Å². The maximum absolute atomic E-state index is 12.6. The molecule has 1 N–H and O–H groups in total. The molecule has 3 rings (SSSR count). The number of carbonyl (C=O) groups is 2. The molecule has 0 bridgehead atoms. The summed E-state index contributed by atoms with van der Waals surface area (Å²) < 4.78 is 0. The molecule has 0 fully saturated rings. The van der Waals surface area contributed by atoms with Gasteiger partial charge in [0.25, 0.3) is 5.91 Å². The molecule has 6 nitrogen and oxygen atoms in total. The van der Waals surface area contributed by atoms with Crippen molar-refractivity contribution in [2.45, 2.75) is 32.5 Å². The molecule has 0 saturated carbocycles. The predicted octanol–water partition coefficient (Wildman–Crippen LogP) is 2.59. The van der Waals surface area contributed by atoms with E-state index in [9.17, 15) is 9.59 Å². The van der Waals surface area contributed by atoms with Crippen LogP contribution >= 0.6 is 0 Å². The first-order valence-electron chi connectivity index (χ1n) is 9.37. The van der Waals surface area contributed by atoms with Crippen LogP contribution < -0.4 is 10.3 Å². The highest BCUT2D eigenvalue weighted by Gasteiger charge is 2.33. The summed E-state index contributed by atoms with van der Waals surface area (Å²) in [6.07, 6.45) is 0.317. The highest BCUT2D eigenvalue weighted by molar-refractivity contribution is 6.40. The van der Waals surface area contributed by atoms with Gasteiger partial charge in [-0.3, -0.25) is 14.6 Å². The van der Waals surface area contributed by atoms with E-state index < -0.39 is 6.04 Å². The lowest BCUT2D eigenvalue weighted by Crippen LogP contribution is -2.34. The van der Waals surface area contributed by atoms with E-state index in [1.54, 1.807) is 5.01 Å². The zero-order valence-electron chi connectivity index (χ0n) is 16.6. The molecule has 1 heterocycles. The van der Waals surface area contributed by atoms with Gasteiger partial charge in [0.2, 0.25) is 0 Å². The number of hydrazone groups is 1. The molecule has 1 atom stereocenters. The Labute approximate surface area is 165 Å². The normalized spacial score (nSPS) is 16.2. The van der Waals surface area contributed by atoms with E-state index >= 15 is 0 Å². The second-order valence-corrected chi connectivity index (χ2v) is 7.29. The van der Waals surface area contributed by atoms with Crippen molar-refractivity contribution < 1.29 is 9.59 Å². The molecule has 1 unspecified atom stereocenters. The van der Waals surface area contributed by atoms with Crippen LogP contribution in [0.3, 0.4) is 0 Å². The van der Waals surface area contributed by atoms with Gasteiger partial charge in [0.05, 0.1) is 5.69 Å². The molecule has 1 aliphatic heterocycles. The molecule has 0 saturated heterocycles. The van der Waals surface area contributed by atoms with Gasteiger partial charge in [0.15, 0.2) is 5.78 Å². The Morgan fingerprint density at radius 2 is 1.71 bits per heavy atom. The Morgan fingerprint density at radius 3 is 2.32 bits per heavy atom. The quantitative estimate of drug-likeness (QED) is 0.804. The van der Waals surface area contributed by atoms with Crippen molar-refractivity contribution in [1.29, 1.82) is 0 Å². The summed E-state index contributed by atoms with van der Waals surface area (Å²) in [5.41, 5.74) is 3.44. The number of anilines is 1. The summed E-state index contributed by atoms with van der Waals surface area (Å²) in [7, 11) is 4.06. The van der Waals surface area contributed by atoms with Crippen LogP contribution in [-0.2, 0) is 22.7 Å². The second-order valence-electron chi connectivity index (χ2n) is 7.29. The Hall–Kier alpha value is -2.99. The molecule has 146 valence electrons. The fourth-order valence-corrected chi connectivity index (χ4v) is 3.19. The zero-order valence-corrected chi connectivity index (χ0v) is 16.6. The van der Waals surface area contributed by atoms with E-state index in [2.05, 4.69) is 27.5 Å². The van der Waals surface area contributed by atoms with Gasteiger partial charge in [-0.1, -0.05) is 42.5 Å². The van der Waals surface area contributed by atoms with Crippen molar-refractivity contribution in [3.63, 3.8) is 0 Å². The third-order valence-corrected chi connectivity index (χ3v) is 4.64. The lowest BCUT2D eigenvalue weighted by Gasteiger charge is -2.20. The number of hydrogen-bond donors (Lipinski definition) is 1. The van der Waals surface area contributed by atoms with Gasteiger partial charge in [0.1, 0.15) is 11.8 Å². The number of nitrogens with one attached hydrogen (secondary N) is 1. The van der Waals surface area contributed by atoms with Gasteiger partial charge >= 0.3 is 0 Å². The van der Waals surface area contributed by atoms with E-state index in [1.165, 1.54) is 12.5 Å². The van der Waals surface area contributed by atoms with Crippen LogP contribution in [0.2, 0.25) is 0 Å². The van der Waals surface area contributed by atoms with Crippen LogP contribution in [0.5, 0.6) is 0 Å². The Morgan fingerprint density at radius 1 is 1.07 bits per heavy atom. The second kappa shape index (κ2) is 8.80. The number of Topliss-reactive ketones (excluding diaryl/α,β-unsaturated/α-hetero) is 1. The molecule has 0 radical (unpaired) electrons. The van der Waals surface area contributed by atoms with E-state index in [0.717, 1.165) is 17.8 Å². The standard InChI is InChI=1S/C22H26N4O2/c1-16(27)21-13-20(24-26(21)19-7-5-4-6-8-19)22(28)23-14-17-9-11-18(12-10-17)15-25(2)3/h4-12,21H,13-15H2,1-3H3,(H,23,28). The van der Waals surface area contributed by atoms with E-state index in [4.69, 9.17) is 0 Å². The molecule has 0 aromatic heterocycles. The number of hydrogen-bond acceptors (Lipinski definition) is 5. The Bertz CT molecular complexity index is 860. The smallest absolute Gasteiger partial charge is 0.267 e. The summed E-state index contributed by atoms with van der Waals surface area (Å²) in [5.74, 6) is -0.242. The van der Waals surface area contributed by atoms with Crippen molar-refractivity contribution >= 4 is 23.1 Å².